The maximum atomic E-state index is 5.95. The highest BCUT2D eigenvalue weighted by molar-refractivity contribution is 7.64. The number of hydrogen-bond acceptors (Lipinski definition) is 1. The summed E-state index contributed by atoms with van der Waals surface area (Å²) >= 11 is 17.8. The molecule has 7 heteroatoms. The van der Waals surface area contributed by atoms with Gasteiger partial charge in [-0.1, -0.05) is 37.6 Å². The van der Waals surface area contributed by atoms with Gasteiger partial charge in [0.1, 0.15) is 16.5 Å². The van der Waals surface area contributed by atoms with E-state index in [1.165, 1.54) is 0 Å². The van der Waals surface area contributed by atoms with Gasteiger partial charge in [-0.25, -0.2) is 0 Å². The van der Waals surface area contributed by atoms with Crippen LogP contribution in [0.3, 0.4) is 0 Å². The normalized spacial score (nSPS) is 13.8. The van der Waals surface area contributed by atoms with Crippen molar-refractivity contribution in [2.24, 2.45) is 0 Å². The molecule has 0 spiro atoms. The molecule has 0 amide bonds. The molecule has 0 aliphatic heterocycles. The minimum absolute atomic E-state index is 0.720. The van der Waals surface area contributed by atoms with Crippen LogP contribution in [-0.2, 0) is 0 Å². The Labute approximate surface area is 129 Å². The van der Waals surface area contributed by atoms with Crippen molar-refractivity contribution >= 4 is 55.7 Å². The molecule has 0 aromatic rings. The molecule has 0 aliphatic carbocycles. The van der Waals surface area contributed by atoms with Crippen LogP contribution in [-0.4, -0.2) is 33.2 Å². The molecule has 0 aromatic heterocycles. The Morgan fingerprint density at radius 1 is 0.944 bits per heavy atom. The Morgan fingerprint density at radius 3 is 1.61 bits per heavy atom. The molecule has 0 atom stereocenters. The maximum Gasteiger partial charge on any atom is 0.341 e. The topological polar surface area (TPSA) is 3.24 Å². The molecule has 18 heavy (non-hydrogen) atoms. The van der Waals surface area contributed by atoms with E-state index in [1.807, 2.05) is 0 Å². The molecule has 0 aliphatic rings. The van der Waals surface area contributed by atoms with Crippen LogP contribution in [0.2, 0.25) is 32.2 Å². The van der Waals surface area contributed by atoms with Crippen molar-refractivity contribution in [3.63, 3.8) is 0 Å². The Hall–Kier alpha value is 0.961. The molecule has 0 bridgehead atoms. The third kappa shape index (κ3) is 6.41. The van der Waals surface area contributed by atoms with Crippen LogP contribution in [0.15, 0.2) is 24.6 Å². The van der Waals surface area contributed by atoms with E-state index in [9.17, 15) is 0 Å². The first-order chi connectivity index (χ1) is 7.96. The van der Waals surface area contributed by atoms with Gasteiger partial charge in [0.15, 0.2) is 0 Å². The van der Waals surface area contributed by atoms with Crippen molar-refractivity contribution in [1.82, 2.24) is 4.23 Å². The third-order valence-electron chi connectivity index (χ3n) is 3.23. The summed E-state index contributed by atoms with van der Waals surface area (Å²) in [6.07, 6.45) is 0.942. The average Bonchev–Trinajstić information content (AvgIpc) is 2.22. The number of rotatable bonds is 8. The zero-order chi connectivity index (χ0) is 14.6. The fourth-order valence-corrected chi connectivity index (χ4v) is 12.1. The first-order valence-electron chi connectivity index (χ1n) is 6.08. The summed E-state index contributed by atoms with van der Waals surface area (Å²) in [4.78, 5) is 0. The fraction of sp³-hybridized carbons (Fsp3) is 0.636. The lowest BCUT2D eigenvalue weighted by molar-refractivity contribution is 0.608. The molecule has 0 aromatic carbocycles. The highest BCUT2D eigenvalue weighted by Crippen LogP contribution is 2.28. The van der Waals surface area contributed by atoms with Crippen LogP contribution in [0.4, 0.5) is 0 Å². The molecule has 0 saturated heterocycles. The molecular weight excluding hydrogens is 337 g/mol. The average molecular weight is 361 g/mol. The van der Waals surface area contributed by atoms with Crippen LogP contribution in [0, 0.1) is 0 Å². The molecular formula is C11H24Cl3NSi3. The lowest BCUT2D eigenvalue weighted by atomic mass is 10.5. The predicted octanol–water partition coefficient (Wildman–Crippen LogP) is 5.19. The van der Waals surface area contributed by atoms with Gasteiger partial charge in [0.25, 0.3) is 0 Å². The Kier molecular flexibility index (Phi) is 7.49. The van der Waals surface area contributed by atoms with Crippen LogP contribution < -0.4 is 0 Å². The third-order valence-corrected chi connectivity index (χ3v) is 14.5. The second kappa shape index (κ2) is 7.11. The highest BCUT2D eigenvalue weighted by Gasteiger charge is 2.37. The zero-order valence-electron chi connectivity index (χ0n) is 11.8. The van der Waals surface area contributed by atoms with E-state index >= 15 is 0 Å². The number of nitrogens with zero attached hydrogens (tertiary/aromatic N) is 1. The molecule has 0 N–H and O–H groups in total. The van der Waals surface area contributed by atoms with E-state index in [0.29, 0.717) is 0 Å². The van der Waals surface area contributed by atoms with Crippen molar-refractivity contribution in [3.05, 3.63) is 24.6 Å². The SMILES string of the molecule is C=C[Si](C)(C)N(CCC[Si](Cl)(Cl)Cl)[Si](C)(C)C=C. The van der Waals surface area contributed by atoms with Crippen LogP contribution in [0.25, 0.3) is 0 Å². The summed E-state index contributed by atoms with van der Waals surface area (Å²) in [7, 11) is -3.17. The van der Waals surface area contributed by atoms with E-state index < -0.39 is 22.5 Å². The zero-order valence-corrected chi connectivity index (χ0v) is 17.0. The second-order valence-electron chi connectivity index (χ2n) is 5.59. The largest absolute Gasteiger partial charge is 0.341 e. The Bertz CT molecular complexity index is 280. The summed E-state index contributed by atoms with van der Waals surface area (Å²) in [5.41, 5.74) is 4.25. The fourth-order valence-electron chi connectivity index (χ4n) is 1.98. The predicted molar refractivity (Wildman–Crippen MR) is 94.8 cm³/mol. The van der Waals surface area contributed by atoms with Crippen LogP contribution in [0.5, 0.6) is 0 Å². The number of hydrogen-bond donors (Lipinski definition) is 0. The highest BCUT2D eigenvalue weighted by atomic mass is 35.8. The van der Waals surface area contributed by atoms with Gasteiger partial charge in [-0.3, -0.25) is 0 Å². The van der Waals surface area contributed by atoms with Gasteiger partial charge in [0.05, 0.1) is 0 Å². The quantitative estimate of drug-likeness (QED) is 0.425. The van der Waals surface area contributed by atoms with Crippen molar-refractivity contribution in [1.29, 1.82) is 0 Å². The molecule has 0 fully saturated rings. The van der Waals surface area contributed by atoms with E-state index in [0.717, 1.165) is 19.0 Å². The van der Waals surface area contributed by atoms with Crippen molar-refractivity contribution < 1.29 is 0 Å². The van der Waals surface area contributed by atoms with Crippen LogP contribution in [0.1, 0.15) is 6.42 Å². The van der Waals surface area contributed by atoms with E-state index in [2.05, 4.69) is 55.0 Å². The molecule has 0 radical (unpaired) electrons. The van der Waals surface area contributed by atoms with Gasteiger partial charge in [-0.15, -0.1) is 46.4 Å². The second-order valence-corrected chi connectivity index (χ2v) is 23.8. The molecule has 0 rings (SSSR count). The Balaban J connectivity index is 4.81. The summed E-state index contributed by atoms with van der Waals surface area (Å²) in [6, 6.07) is -1.77. The van der Waals surface area contributed by atoms with Crippen molar-refractivity contribution in [3.8, 4) is 0 Å². The summed E-state index contributed by atoms with van der Waals surface area (Å²) in [6.45, 7) is 18.2. The Morgan fingerprint density at radius 2 is 1.33 bits per heavy atom. The minimum atomic E-state index is -2.49. The van der Waals surface area contributed by atoms with E-state index in [-0.39, 0.29) is 0 Å². The van der Waals surface area contributed by atoms with Gasteiger partial charge in [-0.05, 0) is 19.0 Å². The number of halogens is 3. The van der Waals surface area contributed by atoms with Gasteiger partial charge < -0.3 is 4.23 Å². The molecule has 0 unspecified atom stereocenters. The van der Waals surface area contributed by atoms with Crippen molar-refractivity contribution in [2.45, 2.75) is 38.7 Å². The van der Waals surface area contributed by atoms with Gasteiger partial charge in [0.2, 0.25) is 0 Å². The van der Waals surface area contributed by atoms with Crippen molar-refractivity contribution in [2.75, 3.05) is 6.54 Å². The summed E-state index contributed by atoms with van der Waals surface area (Å²) in [5, 5.41) is 0. The van der Waals surface area contributed by atoms with Gasteiger partial charge in [0, 0.05) is 0 Å². The smallest absolute Gasteiger partial charge is 0.339 e. The van der Waals surface area contributed by atoms with Gasteiger partial charge >= 0.3 is 6.00 Å². The first-order valence-corrected chi connectivity index (χ1v) is 17.4. The molecule has 106 valence electrons. The minimum Gasteiger partial charge on any atom is -0.339 e. The molecule has 0 heterocycles. The van der Waals surface area contributed by atoms with Gasteiger partial charge in [-0.2, -0.15) is 0 Å². The lowest BCUT2D eigenvalue weighted by Crippen LogP contribution is -2.60. The van der Waals surface area contributed by atoms with E-state index in [4.69, 9.17) is 33.2 Å². The standard InChI is InChI=1S/C11H24Cl3NSi3/c1-7-16(3,4)15(17(5,6)8-2)10-9-11-18(12,13)14/h7-8H,1-2,9-11H2,3-6H3. The monoisotopic (exact) mass is 359 g/mol. The molecule has 0 saturated carbocycles. The summed E-state index contributed by atoms with van der Waals surface area (Å²) in [5.74, 6) is 0. The maximum absolute atomic E-state index is 5.95. The van der Waals surface area contributed by atoms with E-state index in [1.54, 1.807) is 0 Å². The lowest BCUT2D eigenvalue weighted by Gasteiger charge is -2.44. The summed E-state index contributed by atoms with van der Waals surface area (Å²) < 4.78 is 2.62. The molecule has 1 nitrogen and oxygen atoms in total. The van der Waals surface area contributed by atoms with Crippen LogP contribution >= 0.6 is 33.2 Å². The first kappa shape index (κ1) is 19.0.